The lowest BCUT2D eigenvalue weighted by molar-refractivity contribution is -0.135. The lowest BCUT2D eigenvalue weighted by Gasteiger charge is -2.41. The van der Waals surface area contributed by atoms with Crippen LogP contribution in [-0.4, -0.2) is 30.2 Å². The Morgan fingerprint density at radius 1 is 1.37 bits per heavy atom. The van der Waals surface area contributed by atoms with Crippen LogP contribution >= 0.6 is 0 Å². The summed E-state index contributed by atoms with van der Waals surface area (Å²) in [6.07, 6.45) is 0.534. The summed E-state index contributed by atoms with van der Waals surface area (Å²) >= 11 is 0. The van der Waals surface area contributed by atoms with Crippen molar-refractivity contribution in [1.29, 1.82) is 0 Å². The van der Waals surface area contributed by atoms with Crippen LogP contribution in [-0.2, 0) is 9.59 Å². The smallest absolute Gasteiger partial charge is 0.251 e. The van der Waals surface area contributed by atoms with Gasteiger partial charge < -0.3 is 4.90 Å². The number of benzene rings is 1. The number of hydrogen-bond donors (Lipinski definition) is 1. The Balaban J connectivity index is 2.47. The number of amides is 2. The summed E-state index contributed by atoms with van der Waals surface area (Å²) < 4.78 is 14.0. The number of nitrogens with one attached hydrogen (secondary N) is 1. The number of aldehydes is 1. The number of carbonyl (C=O) groups excluding carboxylic acids is 3. The highest BCUT2D eigenvalue weighted by Gasteiger charge is 2.41. The molecule has 1 aliphatic rings. The van der Waals surface area contributed by atoms with Crippen LogP contribution in [0.4, 0.5) is 10.1 Å². The average molecular weight is 264 g/mol. The van der Waals surface area contributed by atoms with Crippen molar-refractivity contribution in [2.45, 2.75) is 19.4 Å². The number of nitrogens with zero attached hydrogens (tertiary/aromatic N) is 1. The standard InChI is InChI=1S/C13H13FN2O3/c1-13(2)12(19)15-11(18)6-16(13)10-4-3-8(7-17)5-9(10)14/h3-5,7H,6H2,1-2H3,(H,15,18,19). The molecule has 0 unspecified atom stereocenters. The van der Waals surface area contributed by atoms with Gasteiger partial charge in [-0.25, -0.2) is 4.39 Å². The topological polar surface area (TPSA) is 66.5 Å². The number of hydrogen-bond acceptors (Lipinski definition) is 4. The van der Waals surface area contributed by atoms with Crippen molar-refractivity contribution >= 4 is 23.8 Å². The molecule has 2 rings (SSSR count). The van der Waals surface area contributed by atoms with E-state index < -0.39 is 23.2 Å². The molecule has 1 aromatic carbocycles. The third kappa shape index (κ3) is 2.21. The van der Waals surface area contributed by atoms with Gasteiger partial charge in [-0.2, -0.15) is 0 Å². The van der Waals surface area contributed by atoms with E-state index in [1.807, 2.05) is 0 Å². The fraction of sp³-hybridized carbons (Fsp3) is 0.308. The Hall–Kier alpha value is -2.24. The van der Waals surface area contributed by atoms with Crippen molar-refractivity contribution in [3.8, 4) is 0 Å². The number of anilines is 1. The molecule has 0 saturated carbocycles. The van der Waals surface area contributed by atoms with Gasteiger partial charge in [0.2, 0.25) is 5.91 Å². The molecule has 1 heterocycles. The summed E-state index contributed by atoms with van der Waals surface area (Å²) in [6.45, 7) is 3.08. The van der Waals surface area contributed by atoms with Crippen molar-refractivity contribution < 1.29 is 18.8 Å². The molecule has 6 heteroatoms. The largest absolute Gasteiger partial charge is 0.346 e. The Bertz CT molecular complexity index is 569. The van der Waals surface area contributed by atoms with Gasteiger partial charge in [0.25, 0.3) is 5.91 Å². The lowest BCUT2D eigenvalue weighted by atomic mass is 9.97. The third-order valence-corrected chi connectivity index (χ3v) is 3.18. The number of imide groups is 1. The van der Waals surface area contributed by atoms with E-state index in [0.717, 1.165) is 6.07 Å². The molecular formula is C13H13FN2O3. The first-order valence-electron chi connectivity index (χ1n) is 5.73. The molecule has 0 bridgehead atoms. The number of carbonyl (C=O) groups is 3. The van der Waals surface area contributed by atoms with Gasteiger partial charge in [-0.05, 0) is 32.0 Å². The molecule has 0 spiro atoms. The minimum absolute atomic E-state index is 0.115. The van der Waals surface area contributed by atoms with Gasteiger partial charge in [0.05, 0.1) is 12.2 Å². The van der Waals surface area contributed by atoms with Crippen LogP contribution in [0.3, 0.4) is 0 Å². The van der Waals surface area contributed by atoms with Gasteiger partial charge in [0, 0.05) is 5.56 Å². The van der Waals surface area contributed by atoms with Crippen molar-refractivity contribution in [3.05, 3.63) is 29.6 Å². The highest BCUT2D eigenvalue weighted by molar-refractivity contribution is 6.06. The number of piperazine rings is 1. The van der Waals surface area contributed by atoms with Crippen molar-refractivity contribution in [2.24, 2.45) is 0 Å². The molecule has 1 aliphatic heterocycles. The van der Waals surface area contributed by atoms with E-state index in [9.17, 15) is 18.8 Å². The molecule has 1 fully saturated rings. The zero-order valence-corrected chi connectivity index (χ0v) is 10.6. The summed E-state index contributed by atoms with van der Waals surface area (Å²) in [7, 11) is 0. The van der Waals surface area contributed by atoms with E-state index in [4.69, 9.17) is 0 Å². The van der Waals surface area contributed by atoms with E-state index >= 15 is 0 Å². The number of halogens is 1. The predicted molar refractivity (Wildman–Crippen MR) is 66.4 cm³/mol. The highest BCUT2D eigenvalue weighted by Crippen LogP contribution is 2.29. The molecule has 0 aliphatic carbocycles. The summed E-state index contributed by atoms with van der Waals surface area (Å²) in [6, 6.07) is 3.92. The zero-order chi connectivity index (χ0) is 14.2. The van der Waals surface area contributed by atoms with Crippen LogP contribution in [0.1, 0.15) is 24.2 Å². The minimum Gasteiger partial charge on any atom is -0.346 e. The van der Waals surface area contributed by atoms with Crippen molar-refractivity contribution in [1.82, 2.24) is 5.32 Å². The number of rotatable bonds is 2. The van der Waals surface area contributed by atoms with E-state index in [0.29, 0.717) is 6.29 Å². The summed E-state index contributed by atoms with van der Waals surface area (Å²) in [4.78, 5) is 35.2. The molecule has 19 heavy (non-hydrogen) atoms. The second kappa shape index (κ2) is 4.46. The molecule has 0 aromatic heterocycles. The van der Waals surface area contributed by atoms with Gasteiger partial charge in [0.1, 0.15) is 17.6 Å². The summed E-state index contributed by atoms with van der Waals surface area (Å²) in [5.74, 6) is -1.61. The van der Waals surface area contributed by atoms with Gasteiger partial charge in [0.15, 0.2) is 0 Å². The maximum Gasteiger partial charge on any atom is 0.251 e. The van der Waals surface area contributed by atoms with Crippen LogP contribution in [0, 0.1) is 5.82 Å². The summed E-state index contributed by atoms with van der Waals surface area (Å²) in [5, 5.41) is 2.21. The third-order valence-electron chi connectivity index (χ3n) is 3.18. The molecule has 1 N–H and O–H groups in total. The fourth-order valence-corrected chi connectivity index (χ4v) is 1.98. The minimum atomic E-state index is -1.04. The molecule has 5 nitrogen and oxygen atoms in total. The average Bonchev–Trinajstić information content (AvgIpc) is 2.34. The Morgan fingerprint density at radius 2 is 2.05 bits per heavy atom. The first-order valence-corrected chi connectivity index (χ1v) is 5.73. The lowest BCUT2D eigenvalue weighted by Crippen LogP contribution is -2.64. The second-order valence-electron chi connectivity index (χ2n) is 4.85. The molecule has 1 aromatic rings. The van der Waals surface area contributed by atoms with Gasteiger partial charge >= 0.3 is 0 Å². The van der Waals surface area contributed by atoms with Crippen LogP contribution in [0.15, 0.2) is 18.2 Å². The normalized spacial score (nSPS) is 18.2. The van der Waals surface area contributed by atoms with Gasteiger partial charge in [-0.1, -0.05) is 0 Å². The van der Waals surface area contributed by atoms with Gasteiger partial charge in [-0.3, -0.25) is 19.7 Å². The van der Waals surface area contributed by atoms with E-state index in [1.165, 1.54) is 17.0 Å². The summed E-state index contributed by atoms with van der Waals surface area (Å²) in [5.41, 5.74) is -0.720. The molecule has 0 radical (unpaired) electrons. The van der Waals surface area contributed by atoms with E-state index in [-0.39, 0.29) is 17.8 Å². The van der Waals surface area contributed by atoms with E-state index in [2.05, 4.69) is 5.32 Å². The fourth-order valence-electron chi connectivity index (χ4n) is 1.98. The van der Waals surface area contributed by atoms with Crippen LogP contribution < -0.4 is 10.2 Å². The maximum absolute atomic E-state index is 14.0. The Labute approximate surface area is 109 Å². The van der Waals surface area contributed by atoms with Crippen molar-refractivity contribution in [2.75, 3.05) is 11.4 Å². The van der Waals surface area contributed by atoms with Crippen molar-refractivity contribution in [3.63, 3.8) is 0 Å². The quantitative estimate of drug-likeness (QED) is 0.636. The van der Waals surface area contributed by atoms with E-state index in [1.54, 1.807) is 13.8 Å². The second-order valence-corrected chi connectivity index (χ2v) is 4.85. The maximum atomic E-state index is 14.0. The Morgan fingerprint density at radius 3 is 2.63 bits per heavy atom. The molecule has 1 saturated heterocycles. The highest BCUT2D eigenvalue weighted by atomic mass is 19.1. The first-order chi connectivity index (χ1) is 8.86. The zero-order valence-electron chi connectivity index (χ0n) is 10.6. The van der Waals surface area contributed by atoms with Crippen LogP contribution in [0.5, 0.6) is 0 Å². The molecule has 100 valence electrons. The van der Waals surface area contributed by atoms with Gasteiger partial charge in [-0.15, -0.1) is 0 Å². The monoisotopic (exact) mass is 264 g/mol. The molecule has 0 atom stereocenters. The Kier molecular flexibility index (Phi) is 3.09. The molecule has 2 amide bonds. The predicted octanol–water partition coefficient (Wildman–Crippen LogP) is 0.880. The van der Waals surface area contributed by atoms with Crippen LogP contribution in [0.25, 0.3) is 0 Å². The van der Waals surface area contributed by atoms with Crippen LogP contribution in [0.2, 0.25) is 0 Å². The molecular weight excluding hydrogens is 251 g/mol. The SMILES string of the molecule is CC1(C)C(=O)NC(=O)CN1c1ccc(C=O)cc1F. The first kappa shape index (κ1) is 13.2.